The molecule has 0 bridgehead atoms. The largest absolute Gasteiger partial charge is 0.323 e. The maximum atomic E-state index is 5.99. The Kier molecular flexibility index (Phi) is 3.90. The molecule has 2 nitrogen and oxygen atoms in total. The number of aryl methyl sites for hydroxylation is 1. The highest BCUT2D eigenvalue weighted by Crippen LogP contribution is 2.33. The highest BCUT2D eigenvalue weighted by atomic mass is 32.1. The Morgan fingerprint density at radius 1 is 1.40 bits per heavy atom. The zero-order valence-electron chi connectivity index (χ0n) is 10.4. The molecule has 0 aromatic carbocycles. The Morgan fingerprint density at radius 2 is 2.00 bits per heavy atom. The Hall–Kier alpha value is -0.410. The van der Waals surface area contributed by atoms with Crippen LogP contribution in [0.3, 0.4) is 0 Å². The lowest BCUT2D eigenvalue weighted by Gasteiger charge is -2.18. The average Bonchev–Trinajstić information content (AvgIpc) is 2.48. The molecule has 1 atom stereocenters. The van der Waals surface area contributed by atoms with Crippen LogP contribution in [0.15, 0.2) is 0 Å². The van der Waals surface area contributed by atoms with Crippen molar-refractivity contribution in [2.45, 2.75) is 58.9 Å². The summed E-state index contributed by atoms with van der Waals surface area (Å²) in [6.45, 7) is 10.8. The van der Waals surface area contributed by atoms with Gasteiger partial charge in [0.2, 0.25) is 0 Å². The minimum Gasteiger partial charge on any atom is -0.323 e. The molecule has 0 amide bonds. The highest BCUT2D eigenvalue weighted by Gasteiger charge is 2.24. The normalized spacial score (nSPS) is 14.3. The van der Waals surface area contributed by atoms with E-state index in [1.807, 2.05) is 6.92 Å². The van der Waals surface area contributed by atoms with Gasteiger partial charge in [-0.3, -0.25) is 0 Å². The van der Waals surface area contributed by atoms with Crippen LogP contribution in [0.25, 0.3) is 0 Å². The molecule has 0 aliphatic carbocycles. The number of hydrogen-bond donors (Lipinski definition) is 1. The second-order valence-electron chi connectivity index (χ2n) is 5.11. The van der Waals surface area contributed by atoms with Crippen LogP contribution in [0.4, 0.5) is 0 Å². The molecule has 1 heterocycles. The molecule has 0 spiro atoms. The van der Waals surface area contributed by atoms with Crippen molar-refractivity contribution >= 4 is 11.3 Å². The first kappa shape index (κ1) is 12.7. The van der Waals surface area contributed by atoms with Crippen molar-refractivity contribution in [3.8, 4) is 0 Å². The molecule has 0 saturated carbocycles. The molecule has 1 rings (SSSR count). The van der Waals surface area contributed by atoms with Gasteiger partial charge in [-0.05, 0) is 19.8 Å². The molecule has 1 unspecified atom stereocenters. The van der Waals surface area contributed by atoms with Crippen LogP contribution >= 0.6 is 11.3 Å². The summed E-state index contributed by atoms with van der Waals surface area (Å²) in [5.41, 5.74) is 7.28. The molecule has 0 aliphatic heterocycles. The van der Waals surface area contributed by atoms with E-state index in [2.05, 4.69) is 27.7 Å². The van der Waals surface area contributed by atoms with E-state index in [4.69, 9.17) is 10.7 Å². The second-order valence-corrected chi connectivity index (χ2v) is 6.22. The Morgan fingerprint density at radius 3 is 2.33 bits per heavy atom. The predicted molar refractivity (Wildman–Crippen MR) is 67.4 cm³/mol. The molecule has 1 aromatic rings. The third-order valence-corrected chi connectivity index (χ3v) is 3.60. The first-order valence-electron chi connectivity index (χ1n) is 5.62. The molecule has 2 N–H and O–H groups in total. The van der Waals surface area contributed by atoms with Crippen molar-refractivity contribution in [1.82, 2.24) is 4.98 Å². The molecule has 0 aliphatic rings. The van der Waals surface area contributed by atoms with E-state index in [0.717, 1.165) is 12.8 Å². The third kappa shape index (κ3) is 3.02. The quantitative estimate of drug-likeness (QED) is 0.857. The summed E-state index contributed by atoms with van der Waals surface area (Å²) in [7, 11) is 0. The van der Waals surface area contributed by atoms with Gasteiger partial charge in [0.25, 0.3) is 0 Å². The van der Waals surface area contributed by atoms with Gasteiger partial charge in [0, 0.05) is 16.3 Å². The van der Waals surface area contributed by atoms with Crippen molar-refractivity contribution in [1.29, 1.82) is 0 Å². The third-order valence-electron chi connectivity index (χ3n) is 2.29. The minimum absolute atomic E-state index is 0.0994. The number of thiazole rings is 1. The zero-order valence-corrected chi connectivity index (χ0v) is 11.2. The summed E-state index contributed by atoms with van der Waals surface area (Å²) in [5, 5.41) is 1.23. The van der Waals surface area contributed by atoms with E-state index in [1.165, 1.54) is 15.6 Å². The Balaban J connectivity index is 3.12. The van der Waals surface area contributed by atoms with Gasteiger partial charge in [0.05, 0.1) is 10.7 Å². The fourth-order valence-electron chi connectivity index (χ4n) is 1.54. The molecule has 3 heteroatoms. The van der Waals surface area contributed by atoms with Crippen molar-refractivity contribution in [3.05, 3.63) is 15.6 Å². The van der Waals surface area contributed by atoms with Gasteiger partial charge < -0.3 is 5.73 Å². The van der Waals surface area contributed by atoms with Crippen LogP contribution < -0.4 is 5.73 Å². The number of nitrogens with two attached hydrogens (primary N) is 1. The first-order chi connectivity index (χ1) is 6.86. The number of aromatic nitrogens is 1. The lowest BCUT2D eigenvalue weighted by atomic mass is 9.90. The van der Waals surface area contributed by atoms with E-state index < -0.39 is 0 Å². The molecule has 0 radical (unpaired) electrons. The minimum atomic E-state index is 0.0994. The van der Waals surface area contributed by atoms with Gasteiger partial charge in [-0.15, -0.1) is 11.3 Å². The van der Waals surface area contributed by atoms with Gasteiger partial charge in [-0.25, -0.2) is 4.98 Å². The van der Waals surface area contributed by atoms with Crippen LogP contribution in [-0.2, 0) is 11.8 Å². The van der Waals surface area contributed by atoms with Crippen LogP contribution in [0.2, 0.25) is 0 Å². The van der Waals surface area contributed by atoms with Crippen molar-refractivity contribution in [2.24, 2.45) is 5.73 Å². The summed E-state index contributed by atoms with van der Waals surface area (Å²) in [4.78, 5) is 5.99. The fraction of sp³-hybridized carbons (Fsp3) is 0.750. The van der Waals surface area contributed by atoms with Crippen LogP contribution in [0, 0.1) is 0 Å². The lowest BCUT2D eigenvalue weighted by molar-refractivity contribution is 0.558. The van der Waals surface area contributed by atoms with E-state index in [0.29, 0.717) is 0 Å². The van der Waals surface area contributed by atoms with E-state index in [9.17, 15) is 0 Å². The van der Waals surface area contributed by atoms with Crippen molar-refractivity contribution in [3.63, 3.8) is 0 Å². The van der Waals surface area contributed by atoms with Gasteiger partial charge >= 0.3 is 0 Å². The van der Waals surface area contributed by atoms with Crippen molar-refractivity contribution in [2.75, 3.05) is 0 Å². The number of rotatable bonds is 3. The van der Waals surface area contributed by atoms with Gasteiger partial charge in [-0.2, -0.15) is 0 Å². The standard InChI is InChI=1S/C12H22N2S/c1-6-7-9-14-11(12(3,4)5)10(15-9)8(2)13/h8H,6-7,13H2,1-5H3. The van der Waals surface area contributed by atoms with Gasteiger partial charge in [0.1, 0.15) is 0 Å². The smallest absolute Gasteiger partial charge is 0.0931 e. The first-order valence-corrected chi connectivity index (χ1v) is 6.43. The molecule has 0 saturated heterocycles. The molecule has 1 aromatic heterocycles. The lowest BCUT2D eigenvalue weighted by Crippen LogP contribution is -2.17. The summed E-state index contributed by atoms with van der Waals surface area (Å²) >= 11 is 1.78. The van der Waals surface area contributed by atoms with Crippen molar-refractivity contribution < 1.29 is 0 Å². The average molecular weight is 226 g/mol. The monoisotopic (exact) mass is 226 g/mol. The molecule has 86 valence electrons. The maximum absolute atomic E-state index is 5.99. The molecule has 0 fully saturated rings. The van der Waals surface area contributed by atoms with E-state index >= 15 is 0 Å². The van der Waals surface area contributed by atoms with E-state index in [-0.39, 0.29) is 11.5 Å². The SMILES string of the molecule is CCCc1nc(C(C)(C)C)c(C(C)N)s1. The Labute approximate surface area is 96.9 Å². The molecular formula is C12H22N2S. The van der Waals surface area contributed by atoms with Gasteiger partial charge in [-0.1, -0.05) is 27.7 Å². The maximum Gasteiger partial charge on any atom is 0.0931 e. The molecular weight excluding hydrogens is 204 g/mol. The number of hydrogen-bond acceptors (Lipinski definition) is 3. The number of nitrogens with zero attached hydrogens (tertiary/aromatic N) is 1. The van der Waals surface area contributed by atoms with E-state index in [1.54, 1.807) is 11.3 Å². The van der Waals surface area contributed by atoms with Gasteiger partial charge in [0.15, 0.2) is 0 Å². The fourth-order valence-corrected chi connectivity index (χ4v) is 2.88. The van der Waals surface area contributed by atoms with Crippen LogP contribution in [0.5, 0.6) is 0 Å². The summed E-state index contributed by atoms with van der Waals surface area (Å²) < 4.78 is 0. The second kappa shape index (κ2) is 4.62. The molecule has 15 heavy (non-hydrogen) atoms. The zero-order chi connectivity index (χ0) is 11.6. The van der Waals surface area contributed by atoms with Crippen LogP contribution in [0.1, 0.15) is 62.7 Å². The van der Waals surface area contributed by atoms with Crippen LogP contribution in [-0.4, -0.2) is 4.98 Å². The summed E-state index contributed by atoms with van der Waals surface area (Å²) in [5.74, 6) is 0. The predicted octanol–water partition coefficient (Wildman–Crippen LogP) is 3.41. The summed E-state index contributed by atoms with van der Waals surface area (Å²) in [6.07, 6.45) is 2.22. The summed E-state index contributed by atoms with van der Waals surface area (Å²) in [6, 6.07) is 0.0994. The highest BCUT2D eigenvalue weighted by molar-refractivity contribution is 7.11. The Bertz CT molecular complexity index is 321. The topological polar surface area (TPSA) is 38.9 Å².